The zero-order valence-corrected chi connectivity index (χ0v) is 14.7. The van der Waals surface area contributed by atoms with Crippen molar-refractivity contribution in [2.75, 3.05) is 0 Å². The van der Waals surface area contributed by atoms with E-state index >= 15 is 0 Å². The molecule has 0 aliphatic rings. The first-order valence-electron chi connectivity index (χ1n) is 7.60. The normalized spacial score (nSPS) is 11.0. The van der Waals surface area contributed by atoms with Crippen molar-refractivity contribution in [1.82, 2.24) is 9.97 Å². The second kappa shape index (κ2) is 6.86. The van der Waals surface area contributed by atoms with Gasteiger partial charge in [-0.1, -0.05) is 30.1 Å². The highest BCUT2D eigenvalue weighted by Gasteiger charge is 2.23. The molecule has 0 bridgehead atoms. The van der Waals surface area contributed by atoms with Gasteiger partial charge in [0.1, 0.15) is 5.69 Å². The lowest BCUT2D eigenvalue weighted by molar-refractivity contribution is -0.304. The molecule has 0 aliphatic carbocycles. The van der Waals surface area contributed by atoms with Gasteiger partial charge in [0.2, 0.25) is 5.78 Å². The Kier molecular flexibility index (Phi) is 4.79. The van der Waals surface area contributed by atoms with E-state index in [0.717, 1.165) is 5.56 Å². The Morgan fingerprint density at radius 2 is 2.00 bits per heavy atom. The number of aromatic nitrogens is 2. The van der Waals surface area contributed by atoms with E-state index in [9.17, 15) is 14.7 Å². The Morgan fingerprint density at radius 3 is 2.68 bits per heavy atom. The number of halogens is 2. The molecule has 0 unspecified atom stereocenters. The van der Waals surface area contributed by atoms with Crippen LogP contribution in [0.3, 0.4) is 0 Å². The number of rotatable bonds is 5. The van der Waals surface area contributed by atoms with Crippen molar-refractivity contribution >= 4 is 45.9 Å². The topological polar surface area (TPSA) is 85.9 Å². The van der Waals surface area contributed by atoms with E-state index in [2.05, 4.69) is 9.97 Å². The van der Waals surface area contributed by atoms with Crippen molar-refractivity contribution in [3.05, 3.63) is 63.0 Å². The van der Waals surface area contributed by atoms with Crippen molar-refractivity contribution in [2.24, 2.45) is 0 Å². The van der Waals surface area contributed by atoms with Crippen LogP contribution in [-0.2, 0) is 17.6 Å². The minimum absolute atomic E-state index is 0.0817. The molecule has 1 N–H and O–H groups in total. The summed E-state index contributed by atoms with van der Waals surface area (Å²) in [5.74, 6) is -1.76. The number of ketones is 1. The first kappa shape index (κ1) is 17.5. The lowest BCUT2D eigenvalue weighted by atomic mass is 10.0. The Morgan fingerprint density at radius 1 is 1.24 bits per heavy atom. The van der Waals surface area contributed by atoms with Gasteiger partial charge in [0, 0.05) is 34.5 Å². The average Bonchev–Trinajstić information content (AvgIpc) is 2.92. The quantitative estimate of drug-likeness (QED) is 0.694. The van der Waals surface area contributed by atoms with E-state index in [1.807, 2.05) is 6.92 Å². The molecule has 0 fully saturated rings. The summed E-state index contributed by atoms with van der Waals surface area (Å²) in [6, 6.07) is 6.69. The maximum atomic E-state index is 13.0. The number of aryl methyl sites for hydroxylation is 1. The molecule has 0 saturated heterocycles. The highest BCUT2D eigenvalue weighted by atomic mass is 35.5. The van der Waals surface area contributed by atoms with Crippen LogP contribution in [0.5, 0.6) is 0 Å². The van der Waals surface area contributed by atoms with Gasteiger partial charge in [-0.15, -0.1) is 0 Å². The molecule has 0 atom stereocenters. The predicted octanol–water partition coefficient (Wildman–Crippen LogP) is 2.96. The second-order valence-electron chi connectivity index (χ2n) is 5.53. The molecule has 1 aromatic carbocycles. The summed E-state index contributed by atoms with van der Waals surface area (Å²) in [5, 5.41) is 12.4. The molecule has 0 amide bonds. The summed E-state index contributed by atoms with van der Waals surface area (Å²) in [6.07, 6.45) is 1.73. The fourth-order valence-corrected chi connectivity index (χ4v) is 3.28. The predicted molar refractivity (Wildman–Crippen MR) is 94.1 cm³/mol. The molecule has 25 heavy (non-hydrogen) atoms. The van der Waals surface area contributed by atoms with Gasteiger partial charge in [-0.05, 0) is 41.8 Å². The maximum Gasteiger partial charge on any atom is 0.229 e. The van der Waals surface area contributed by atoms with Crippen molar-refractivity contribution in [3.8, 4) is 0 Å². The van der Waals surface area contributed by atoms with E-state index in [0.29, 0.717) is 27.9 Å². The SMILES string of the molecule is CCc1ccnc(C(=O)c2[nH]c3ccc(Cl)cc3c2CC(=O)[O-])c1Cl. The monoisotopic (exact) mass is 375 g/mol. The van der Waals surface area contributed by atoms with Gasteiger partial charge >= 0.3 is 0 Å². The fourth-order valence-electron chi connectivity index (χ4n) is 2.78. The highest BCUT2D eigenvalue weighted by molar-refractivity contribution is 6.35. The number of pyridine rings is 1. The molecule has 2 aromatic heterocycles. The van der Waals surface area contributed by atoms with Crippen LogP contribution in [0.15, 0.2) is 30.5 Å². The van der Waals surface area contributed by atoms with Crippen LogP contribution >= 0.6 is 23.2 Å². The number of fused-ring (bicyclic) bond motifs is 1. The van der Waals surface area contributed by atoms with Crippen molar-refractivity contribution in [2.45, 2.75) is 19.8 Å². The standard InChI is InChI=1S/C18H14Cl2N2O3/c1-2-9-5-6-21-17(15(9)20)18(25)16-12(8-14(23)24)11-7-10(19)3-4-13(11)22-16/h3-7,22H,2,8H2,1H3,(H,23,24)/p-1. The number of H-pyrrole nitrogens is 1. The molecule has 7 heteroatoms. The summed E-state index contributed by atoms with van der Waals surface area (Å²) >= 11 is 12.3. The average molecular weight is 376 g/mol. The number of hydrogen-bond acceptors (Lipinski definition) is 4. The number of nitrogens with one attached hydrogen (secondary N) is 1. The van der Waals surface area contributed by atoms with Gasteiger partial charge in [0.25, 0.3) is 0 Å². The Bertz CT molecular complexity index is 995. The zero-order valence-electron chi connectivity index (χ0n) is 13.2. The number of nitrogens with zero attached hydrogens (tertiary/aromatic N) is 1. The van der Waals surface area contributed by atoms with E-state index in [4.69, 9.17) is 23.2 Å². The van der Waals surface area contributed by atoms with Gasteiger partial charge in [-0.3, -0.25) is 9.78 Å². The first-order chi connectivity index (χ1) is 11.9. The summed E-state index contributed by atoms with van der Waals surface area (Å²) < 4.78 is 0. The summed E-state index contributed by atoms with van der Waals surface area (Å²) in [5.41, 5.74) is 1.91. The third kappa shape index (κ3) is 3.25. The lowest BCUT2D eigenvalue weighted by Gasteiger charge is -2.08. The van der Waals surface area contributed by atoms with Crippen LogP contribution < -0.4 is 5.11 Å². The van der Waals surface area contributed by atoms with E-state index in [-0.39, 0.29) is 16.4 Å². The van der Waals surface area contributed by atoms with Crippen LogP contribution in [0.1, 0.15) is 34.2 Å². The van der Waals surface area contributed by atoms with Crippen LogP contribution in [-0.4, -0.2) is 21.7 Å². The molecule has 0 spiro atoms. The Hall–Kier alpha value is -2.37. The van der Waals surface area contributed by atoms with Crippen molar-refractivity contribution in [3.63, 3.8) is 0 Å². The number of carbonyl (C=O) groups is 2. The molecule has 2 heterocycles. The number of carboxylic acids is 1. The maximum absolute atomic E-state index is 13.0. The fraction of sp³-hybridized carbons (Fsp3) is 0.167. The van der Waals surface area contributed by atoms with Crippen molar-refractivity contribution < 1.29 is 14.7 Å². The number of hydrogen-bond donors (Lipinski definition) is 1. The molecular formula is C18H13Cl2N2O3-. The minimum atomic E-state index is -1.30. The third-order valence-electron chi connectivity index (χ3n) is 3.98. The Labute approximate surface area is 153 Å². The first-order valence-corrected chi connectivity index (χ1v) is 8.36. The summed E-state index contributed by atoms with van der Waals surface area (Å²) in [7, 11) is 0. The molecule has 128 valence electrons. The van der Waals surface area contributed by atoms with Gasteiger partial charge in [0.05, 0.1) is 10.7 Å². The molecule has 0 radical (unpaired) electrons. The number of aromatic amines is 1. The van der Waals surface area contributed by atoms with Crippen LogP contribution in [0, 0.1) is 0 Å². The molecule has 0 saturated carbocycles. The van der Waals surface area contributed by atoms with E-state index in [1.165, 1.54) is 6.20 Å². The van der Waals surface area contributed by atoms with Gasteiger partial charge in [-0.25, -0.2) is 0 Å². The zero-order chi connectivity index (χ0) is 18.1. The smallest absolute Gasteiger partial charge is 0.229 e. The second-order valence-corrected chi connectivity index (χ2v) is 6.35. The number of carboxylic acid groups (broad SMARTS) is 1. The lowest BCUT2D eigenvalue weighted by Crippen LogP contribution is -2.25. The summed E-state index contributed by atoms with van der Waals surface area (Å²) in [4.78, 5) is 31.2. The van der Waals surface area contributed by atoms with Crippen LogP contribution in [0.2, 0.25) is 10.0 Å². The van der Waals surface area contributed by atoms with E-state index < -0.39 is 18.2 Å². The van der Waals surface area contributed by atoms with Crippen LogP contribution in [0.25, 0.3) is 10.9 Å². The van der Waals surface area contributed by atoms with Gasteiger partial charge in [0.15, 0.2) is 0 Å². The molecule has 3 rings (SSSR count). The third-order valence-corrected chi connectivity index (χ3v) is 4.64. The number of benzene rings is 1. The van der Waals surface area contributed by atoms with Gasteiger partial charge in [-0.2, -0.15) is 0 Å². The molecule has 3 aromatic rings. The summed E-state index contributed by atoms with van der Waals surface area (Å²) in [6.45, 7) is 1.92. The Balaban J connectivity index is 2.21. The minimum Gasteiger partial charge on any atom is -0.550 e. The van der Waals surface area contributed by atoms with Crippen LogP contribution in [0.4, 0.5) is 0 Å². The van der Waals surface area contributed by atoms with Gasteiger partial charge < -0.3 is 14.9 Å². The molecule has 5 nitrogen and oxygen atoms in total. The van der Waals surface area contributed by atoms with Crippen molar-refractivity contribution in [1.29, 1.82) is 0 Å². The largest absolute Gasteiger partial charge is 0.550 e. The molecular weight excluding hydrogens is 363 g/mol. The van der Waals surface area contributed by atoms with E-state index in [1.54, 1.807) is 24.3 Å². The number of carbonyl (C=O) groups excluding carboxylic acids is 2. The number of aliphatic carboxylic acids is 1. The molecule has 0 aliphatic heterocycles. The highest BCUT2D eigenvalue weighted by Crippen LogP contribution is 2.29.